The summed E-state index contributed by atoms with van der Waals surface area (Å²) in [7, 11) is 0. The van der Waals surface area contributed by atoms with Crippen LogP contribution in [0.4, 0.5) is 0 Å². The normalized spacial score (nSPS) is 13.3. The summed E-state index contributed by atoms with van der Waals surface area (Å²) in [4.78, 5) is 32.9. The first kappa shape index (κ1) is 14.7. The number of carbonyl (C=O) groups excluding carboxylic acids is 1. The Morgan fingerprint density at radius 2 is 1.68 bits per heavy atom. The molecule has 0 aliphatic carbocycles. The van der Waals surface area contributed by atoms with E-state index in [0.717, 1.165) is 0 Å². The summed E-state index contributed by atoms with van der Waals surface area (Å²) in [5.41, 5.74) is 0.291. The Hall–Kier alpha value is -2.41. The third-order valence-corrected chi connectivity index (χ3v) is 2.36. The van der Waals surface area contributed by atoms with Crippen LogP contribution in [0.3, 0.4) is 0 Å². The van der Waals surface area contributed by atoms with Gasteiger partial charge in [0, 0.05) is 0 Å². The second-order valence-electron chi connectivity index (χ2n) is 3.81. The van der Waals surface area contributed by atoms with Crippen molar-refractivity contribution >= 4 is 17.8 Å². The minimum absolute atomic E-state index is 0.291. The largest absolute Gasteiger partial charge is 0.481 e. The molecule has 0 radical (unpaired) electrons. The maximum absolute atomic E-state index is 11.6. The summed E-state index contributed by atoms with van der Waals surface area (Å²) in [6, 6.07) is 6.33. The molecular weight excluding hydrogens is 254 g/mol. The van der Waals surface area contributed by atoms with E-state index in [1.807, 2.05) is 5.32 Å². The quantitative estimate of drug-likeness (QED) is 0.564. The number of benzene rings is 1. The number of carboxylic acid groups (broad SMARTS) is 2. The van der Waals surface area contributed by atoms with Crippen molar-refractivity contribution in [3.63, 3.8) is 0 Å². The average molecular weight is 267 g/mol. The molecule has 7 nitrogen and oxygen atoms in total. The topological polar surface area (TPSA) is 124 Å². The summed E-state index contributed by atoms with van der Waals surface area (Å²) in [5, 5.41) is 29.0. The van der Waals surface area contributed by atoms with Gasteiger partial charge >= 0.3 is 11.9 Å². The van der Waals surface area contributed by atoms with Crippen LogP contribution in [-0.4, -0.2) is 39.2 Å². The predicted molar refractivity (Wildman–Crippen MR) is 63.2 cm³/mol. The van der Waals surface area contributed by atoms with Crippen molar-refractivity contribution in [3.8, 4) is 0 Å². The SMILES string of the molecule is O=C(O)C[C@@H](NC(=O)[C@@H](O)c1ccccc1)C(=O)O. The number of aliphatic carboxylic acids is 2. The zero-order chi connectivity index (χ0) is 14.4. The third kappa shape index (κ3) is 4.40. The van der Waals surface area contributed by atoms with Crippen molar-refractivity contribution in [3.05, 3.63) is 35.9 Å². The Morgan fingerprint density at radius 3 is 2.16 bits per heavy atom. The minimum atomic E-state index is -1.58. The maximum atomic E-state index is 11.6. The number of carboxylic acids is 2. The van der Waals surface area contributed by atoms with Gasteiger partial charge in [0.05, 0.1) is 6.42 Å². The molecule has 0 heterocycles. The van der Waals surface area contributed by atoms with E-state index in [4.69, 9.17) is 10.2 Å². The standard InChI is InChI=1S/C12H13NO6/c14-9(15)6-8(12(18)19)13-11(17)10(16)7-4-2-1-3-5-7/h1-5,8,10,16H,6H2,(H,13,17)(H,14,15)(H,18,19)/t8-,10+/m1/s1. The fourth-order valence-electron chi connectivity index (χ4n) is 1.41. The van der Waals surface area contributed by atoms with Gasteiger partial charge in [-0.05, 0) is 5.56 Å². The number of amides is 1. The Morgan fingerprint density at radius 1 is 1.11 bits per heavy atom. The number of carbonyl (C=O) groups is 3. The molecule has 1 amide bonds. The van der Waals surface area contributed by atoms with E-state index in [0.29, 0.717) is 5.56 Å². The van der Waals surface area contributed by atoms with Crippen LogP contribution in [0.1, 0.15) is 18.1 Å². The predicted octanol–water partition coefficient (Wildman–Crippen LogP) is -0.236. The summed E-state index contributed by atoms with van der Waals surface area (Å²) in [5.74, 6) is -3.79. The van der Waals surface area contributed by atoms with E-state index in [-0.39, 0.29) is 0 Å². The van der Waals surface area contributed by atoms with Gasteiger partial charge in [-0.15, -0.1) is 0 Å². The Labute approximate surface area is 108 Å². The van der Waals surface area contributed by atoms with Crippen molar-refractivity contribution in [2.24, 2.45) is 0 Å². The molecule has 1 rings (SSSR count). The third-order valence-electron chi connectivity index (χ3n) is 2.36. The molecule has 19 heavy (non-hydrogen) atoms. The lowest BCUT2D eigenvalue weighted by Crippen LogP contribution is -2.44. The Bertz CT molecular complexity index is 472. The van der Waals surface area contributed by atoms with Crippen LogP contribution in [0.25, 0.3) is 0 Å². The van der Waals surface area contributed by atoms with Gasteiger partial charge in [-0.25, -0.2) is 4.79 Å². The highest BCUT2D eigenvalue weighted by Gasteiger charge is 2.26. The second-order valence-corrected chi connectivity index (χ2v) is 3.81. The molecule has 0 aliphatic heterocycles. The highest BCUT2D eigenvalue weighted by molar-refractivity contribution is 5.89. The number of hydrogen-bond acceptors (Lipinski definition) is 4. The lowest BCUT2D eigenvalue weighted by Gasteiger charge is -2.16. The first-order chi connectivity index (χ1) is 8.91. The van der Waals surface area contributed by atoms with Gasteiger partial charge in [0.25, 0.3) is 5.91 Å². The van der Waals surface area contributed by atoms with E-state index >= 15 is 0 Å². The zero-order valence-electron chi connectivity index (χ0n) is 9.81. The number of hydrogen-bond donors (Lipinski definition) is 4. The molecule has 0 spiro atoms. The van der Waals surface area contributed by atoms with Gasteiger partial charge < -0.3 is 20.6 Å². The molecule has 0 saturated heterocycles. The van der Waals surface area contributed by atoms with E-state index in [1.54, 1.807) is 18.2 Å². The van der Waals surface area contributed by atoms with Gasteiger partial charge in [-0.1, -0.05) is 30.3 Å². The van der Waals surface area contributed by atoms with Crippen molar-refractivity contribution in [2.75, 3.05) is 0 Å². The highest BCUT2D eigenvalue weighted by Crippen LogP contribution is 2.12. The first-order valence-corrected chi connectivity index (χ1v) is 5.39. The Kier molecular flexibility index (Phi) is 5.01. The molecule has 2 atom stereocenters. The number of aliphatic hydroxyl groups is 1. The fourth-order valence-corrected chi connectivity index (χ4v) is 1.41. The van der Waals surface area contributed by atoms with Gasteiger partial charge in [-0.2, -0.15) is 0 Å². The van der Waals surface area contributed by atoms with Crippen LogP contribution in [0, 0.1) is 0 Å². The molecule has 0 aromatic heterocycles. The lowest BCUT2D eigenvalue weighted by atomic mass is 10.1. The molecule has 4 N–H and O–H groups in total. The summed E-state index contributed by atoms with van der Waals surface area (Å²) < 4.78 is 0. The van der Waals surface area contributed by atoms with E-state index in [1.165, 1.54) is 12.1 Å². The first-order valence-electron chi connectivity index (χ1n) is 5.39. The summed E-state index contributed by atoms with van der Waals surface area (Å²) in [6.07, 6.45) is -2.31. The summed E-state index contributed by atoms with van der Waals surface area (Å²) >= 11 is 0. The number of nitrogens with one attached hydrogen (secondary N) is 1. The van der Waals surface area contributed by atoms with Crippen molar-refractivity contribution in [2.45, 2.75) is 18.6 Å². The molecular formula is C12H13NO6. The number of aliphatic hydroxyl groups excluding tert-OH is 1. The molecule has 0 fully saturated rings. The fraction of sp³-hybridized carbons (Fsp3) is 0.250. The molecule has 1 aromatic carbocycles. The molecule has 0 saturated carbocycles. The molecule has 102 valence electrons. The van der Waals surface area contributed by atoms with Crippen molar-refractivity contribution < 1.29 is 29.7 Å². The van der Waals surface area contributed by atoms with Crippen molar-refractivity contribution in [1.82, 2.24) is 5.32 Å². The zero-order valence-corrected chi connectivity index (χ0v) is 9.81. The van der Waals surface area contributed by atoms with Gasteiger partial charge in [0.1, 0.15) is 6.04 Å². The monoisotopic (exact) mass is 267 g/mol. The van der Waals surface area contributed by atoms with E-state index < -0.39 is 36.4 Å². The smallest absolute Gasteiger partial charge is 0.326 e. The number of rotatable bonds is 6. The average Bonchev–Trinajstić information content (AvgIpc) is 2.37. The molecule has 0 bridgehead atoms. The minimum Gasteiger partial charge on any atom is -0.481 e. The van der Waals surface area contributed by atoms with Gasteiger partial charge in [0.15, 0.2) is 6.10 Å². The van der Waals surface area contributed by atoms with Crippen LogP contribution in [-0.2, 0) is 14.4 Å². The van der Waals surface area contributed by atoms with Crippen LogP contribution in [0.2, 0.25) is 0 Å². The second kappa shape index (κ2) is 6.50. The molecule has 7 heteroatoms. The maximum Gasteiger partial charge on any atom is 0.326 e. The van der Waals surface area contributed by atoms with Crippen LogP contribution in [0.15, 0.2) is 30.3 Å². The van der Waals surface area contributed by atoms with E-state index in [9.17, 15) is 19.5 Å². The molecule has 0 unspecified atom stereocenters. The lowest BCUT2D eigenvalue weighted by molar-refractivity contribution is -0.148. The van der Waals surface area contributed by atoms with Crippen LogP contribution in [0.5, 0.6) is 0 Å². The molecule has 1 aromatic rings. The summed E-state index contributed by atoms with van der Waals surface area (Å²) in [6.45, 7) is 0. The van der Waals surface area contributed by atoms with Gasteiger partial charge in [-0.3, -0.25) is 9.59 Å². The van der Waals surface area contributed by atoms with Crippen LogP contribution >= 0.6 is 0 Å². The van der Waals surface area contributed by atoms with E-state index in [2.05, 4.69) is 0 Å². The Balaban J connectivity index is 2.72. The molecule has 0 aliphatic rings. The van der Waals surface area contributed by atoms with Crippen LogP contribution < -0.4 is 5.32 Å². The highest BCUT2D eigenvalue weighted by atomic mass is 16.4. The van der Waals surface area contributed by atoms with Crippen molar-refractivity contribution in [1.29, 1.82) is 0 Å². The van der Waals surface area contributed by atoms with Gasteiger partial charge in [0.2, 0.25) is 0 Å².